The molecule has 3 rings (SSSR count). The van der Waals surface area contributed by atoms with Gasteiger partial charge in [-0.05, 0) is 45.0 Å². The summed E-state index contributed by atoms with van der Waals surface area (Å²) in [7, 11) is 1.58. The molecule has 1 aromatic rings. The quantitative estimate of drug-likeness (QED) is 0.848. The zero-order valence-corrected chi connectivity index (χ0v) is 14.1. The van der Waals surface area contributed by atoms with E-state index in [-0.39, 0.29) is 12.5 Å². The molecule has 0 unspecified atom stereocenters. The van der Waals surface area contributed by atoms with Crippen molar-refractivity contribution in [1.82, 2.24) is 4.90 Å². The molecule has 24 heavy (non-hydrogen) atoms. The molecule has 0 radical (unpaired) electrons. The summed E-state index contributed by atoms with van der Waals surface area (Å²) in [6.07, 6.45) is -1.08. The molecule has 0 saturated carbocycles. The first-order chi connectivity index (χ1) is 11.3. The van der Waals surface area contributed by atoms with Crippen LogP contribution in [0.5, 0.6) is 5.75 Å². The van der Waals surface area contributed by atoms with E-state index in [1.165, 1.54) is 0 Å². The maximum absolute atomic E-state index is 12.9. The topological polar surface area (TPSA) is 77.4 Å². The highest BCUT2D eigenvalue weighted by Crippen LogP contribution is 2.30. The number of carbonyl (C=O) groups excluding carboxylic acids is 2. The van der Waals surface area contributed by atoms with Gasteiger partial charge in [0.25, 0.3) is 0 Å². The Kier molecular flexibility index (Phi) is 3.95. The summed E-state index contributed by atoms with van der Waals surface area (Å²) in [5.41, 5.74) is 0.574. The Hall–Kier alpha value is -2.57. The van der Waals surface area contributed by atoms with Crippen LogP contribution in [-0.4, -0.2) is 48.0 Å². The number of carbonyl (C=O) groups is 2. The highest BCUT2D eigenvalue weighted by atomic mass is 16.6. The fraction of sp³-hybridized carbons (Fsp3) is 0.471. The normalized spacial score (nSPS) is 25.1. The molecule has 2 atom stereocenters. The predicted molar refractivity (Wildman–Crippen MR) is 85.8 cm³/mol. The second kappa shape index (κ2) is 5.81. The Balaban J connectivity index is 1.86. The molecule has 2 aliphatic rings. The van der Waals surface area contributed by atoms with Crippen LogP contribution in [0.1, 0.15) is 26.3 Å². The molecule has 1 aromatic carbocycles. The first-order valence-corrected chi connectivity index (χ1v) is 7.75. The molecule has 7 nitrogen and oxygen atoms in total. The largest absolute Gasteiger partial charge is 0.497 e. The van der Waals surface area contributed by atoms with Crippen molar-refractivity contribution in [2.45, 2.75) is 32.5 Å². The standard InChI is InChI=1S/C17H20N2O5/c1-10-13(15(20)19-9-17(2,3)23-16(19)21)14(18-24-10)11-5-7-12(22-4)8-6-11/h5-8,10,13H,9H2,1-4H3/t10-,13-/m0/s1. The third-order valence-electron chi connectivity index (χ3n) is 4.12. The predicted octanol–water partition coefficient (Wildman–Crippen LogP) is 2.19. The average molecular weight is 332 g/mol. The second-order valence-corrected chi connectivity index (χ2v) is 6.55. The van der Waals surface area contributed by atoms with Gasteiger partial charge in [-0.25, -0.2) is 9.69 Å². The summed E-state index contributed by atoms with van der Waals surface area (Å²) in [5.74, 6) is -0.302. The van der Waals surface area contributed by atoms with Crippen LogP contribution >= 0.6 is 0 Å². The number of nitrogens with zero attached hydrogens (tertiary/aromatic N) is 2. The number of amides is 2. The zero-order valence-electron chi connectivity index (χ0n) is 14.1. The molecule has 0 aromatic heterocycles. The summed E-state index contributed by atoms with van der Waals surface area (Å²) in [6, 6.07) is 7.20. The molecule has 2 amide bonds. The van der Waals surface area contributed by atoms with E-state index in [0.29, 0.717) is 11.5 Å². The van der Waals surface area contributed by atoms with Gasteiger partial charge in [-0.3, -0.25) is 4.79 Å². The van der Waals surface area contributed by atoms with Crippen molar-refractivity contribution in [2.75, 3.05) is 13.7 Å². The van der Waals surface area contributed by atoms with Gasteiger partial charge in [0, 0.05) is 5.56 Å². The molecule has 7 heteroatoms. The van der Waals surface area contributed by atoms with Crippen LogP contribution in [0, 0.1) is 5.92 Å². The lowest BCUT2D eigenvalue weighted by molar-refractivity contribution is -0.132. The number of ether oxygens (including phenoxy) is 2. The number of cyclic esters (lactones) is 1. The molecular weight excluding hydrogens is 312 g/mol. The van der Waals surface area contributed by atoms with Crippen molar-refractivity contribution >= 4 is 17.7 Å². The molecule has 0 spiro atoms. The Morgan fingerprint density at radius 1 is 1.33 bits per heavy atom. The van der Waals surface area contributed by atoms with Gasteiger partial charge < -0.3 is 14.3 Å². The first kappa shape index (κ1) is 16.3. The summed E-state index contributed by atoms with van der Waals surface area (Å²) in [4.78, 5) is 31.4. The summed E-state index contributed by atoms with van der Waals surface area (Å²) >= 11 is 0. The van der Waals surface area contributed by atoms with Gasteiger partial charge in [0.05, 0.1) is 13.7 Å². The van der Waals surface area contributed by atoms with E-state index in [2.05, 4.69) is 5.16 Å². The van der Waals surface area contributed by atoms with Gasteiger partial charge in [0.1, 0.15) is 29.1 Å². The monoisotopic (exact) mass is 332 g/mol. The van der Waals surface area contributed by atoms with Crippen molar-refractivity contribution < 1.29 is 23.9 Å². The molecule has 128 valence electrons. The third-order valence-corrected chi connectivity index (χ3v) is 4.12. The highest BCUT2D eigenvalue weighted by molar-refractivity contribution is 6.16. The summed E-state index contributed by atoms with van der Waals surface area (Å²) in [5, 5.41) is 4.05. The number of methoxy groups -OCH3 is 1. The Morgan fingerprint density at radius 3 is 2.54 bits per heavy atom. The average Bonchev–Trinajstić information content (AvgIpc) is 3.05. The van der Waals surface area contributed by atoms with E-state index in [1.807, 2.05) is 12.1 Å². The lowest BCUT2D eigenvalue weighted by Gasteiger charge is -2.20. The van der Waals surface area contributed by atoms with Crippen LogP contribution in [0.25, 0.3) is 0 Å². The van der Waals surface area contributed by atoms with E-state index in [9.17, 15) is 9.59 Å². The van der Waals surface area contributed by atoms with Gasteiger partial charge in [-0.2, -0.15) is 0 Å². The van der Waals surface area contributed by atoms with Crippen LogP contribution < -0.4 is 4.74 Å². The second-order valence-electron chi connectivity index (χ2n) is 6.55. The molecule has 2 heterocycles. The van der Waals surface area contributed by atoms with Gasteiger partial charge >= 0.3 is 6.09 Å². The molecule has 1 saturated heterocycles. The van der Waals surface area contributed by atoms with E-state index in [0.717, 1.165) is 10.5 Å². The lowest BCUT2D eigenvalue weighted by Crippen LogP contribution is -2.43. The van der Waals surface area contributed by atoms with Gasteiger partial charge in [0.15, 0.2) is 0 Å². The molecule has 0 aliphatic carbocycles. The summed E-state index contributed by atoms with van der Waals surface area (Å²) < 4.78 is 10.4. The van der Waals surface area contributed by atoms with Crippen LogP contribution in [-0.2, 0) is 14.4 Å². The minimum Gasteiger partial charge on any atom is -0.497 e. The molecular formula is C17H20N2O5. The number of hydrogen-bond acceptors (Lipinski definition) is 6. The summed E-state index contributed by atoms with van der Waals surface area (Å²) in [6.45, 7) is 5.51. The fourth-order valence-electron chi connectivity index (χ4n) is 2.90. The van der Waals surface area contributed by atoms with Crippen molar-refractivity contribution in [3.05, 3.63) is 29.8 Å². The van der Waals surface area contributed by atoms with Crippen molar-refractivity contribution in [1.29, 1.82) is 0 Å². The smallest absolute Gasteiger partial charge is 0.417 e. The maximum atomic E-state index is 12.9. The highest BCUT2D eigenvalue weighted by Gasteiger charge is 2.47. The molecule has 0 N–H and O–H groups in total. The Morgan fingerprint density at radius 2 is 2.00 bits per heavy atom. The van der Waals surface area contributed by atoms with Gasteiger partial charge in [-0.15, -0.1) is 0 Å². The van der Waals surface area contributed by atoms with Gasteiger partial charge in [0.2, 0.25) is 5.91 Å². The first-order valence-electron chi connectivity index (χ1n) is 7.75. The lowest BCUT2D eigenvalue weighted by atomic mass is 9.91. The van der Waals surface area contributed by atoms with Gasteiger partial charge in [-0.1, -0.05) is 5.16 Å². The molecule has 2 aliphatic heterocycles. The SMILES string of the molecule is COc1ccc(C2=NO[C@@H](C)[C@@H]2C(=O)N2CC(C)(C)OC2=O)cc1. The number of hydrogen-bond donors (Lipinski definition) is 0. The minimum atomic E-state index is -0.688. The van der Waals surface area contributed by atoms with Crippen LogP contribution in [0.15, 0.2) is 29.4 Å². The Labute approximate surface area is 140 Å². The zero-order chi connectivity index (χ0) is 17.5. The van der Waals surface area contributed by atoms with Crippen molar-refractivity contribution in [2.24, 2.45) is 11.1 Å². The number of imide groups is 1. The number of rotatable bonds is 3. The van der Waals surface area contributed by atoms with Crippen LogP contribution in [0.3, 0.4) is 0 Å². The number of benzene rings is 1. The van der Waals surface area contributed by atoms with E-state index in [1.54, 1.807) is 40.0 Å². The van der Waals surface area contributed by atoms with E-state index >= 15 is 0 Å². The molecule has 0 bridgehead atoms. The maximum Gasteiger partial charge on any atom is 0.417 e. The van der Waals surface area contributed by atoms with Crippen LogP contribution in [0.2, 0.25) is 0 Å². The number of oxime groups is 1. The van der Waals surface area contributed by atoms with Crippen molar-refractivity contribution in [3.8, 4) is 5.75 Å². The van der Waals surface area contributed by atoms with E-state index in [4.69, 9.17) is 14.3 Å². The molecule has 1 fully saturated rings. The third kappa shape index (κ3) is 2.81. The fourth-order valence-corrected chi connectivity index (χ4v) is 2.90. The van der Waals surface area contributed by atoms with Crippen LogP contribution in [0.4, 0.5) is 4.79 Å². The van der Waals surface area contributed by atoms with Crippen molar-refractivity contribution in [3.63, 3.8) is 0 Å². The Bertz CT molecular complexity index is 695. The van der Waals surface area contributed by atoms with E-state index < -0.39 is 23.7 Å². The minimum absolute atomic E-state index is 0.212.